The summed E-state index contributed by atoms with van der Waals surface area (Å²) in [5.41, 5.74) is 6.67. The normalized spacial score (nSPS) is 10.4. The molecule has 0 amide bonds. The van der Waals surface area contributed by atoms with Crippen LogP contribution in [0.5, 0.6) is 11.5 Å². The summed E-state index contributed by atoms with van der Waals surface area (Å²) >= 11 is 5.59. The van der Waals surface area contributed by atoms with Gasteiger partial charge in [-0.3, -0.25) is 0 Å². The van der Waals surface area contributed by atoms with Crippen molar-refractivity contribution >= 4 is 11.6 Å². The van der Waals surface area contributed by atoms with Crippen LogP contribution < -0.4 is 15.2 Å². The molecule has 2 N–H and O–H groups in total. The molecule has 0 saturated carbocycles. The highest BCUT2D eigenvalue weighted by Crippen LogP contribution is 2.20. The minimum Gasteiger partial charge on any atom is -0.490 e. The number of hydrogen-bond donors (Lipinski definition) is 1. The molecule has 2 aromatic rings. The van der Waals surface area contributed by atoms with E-state index in [4.69, 9.17) is 26.8 Å². The minimum atomic E-state index is -0.495. The smallest absolute Gasteiger partial charge is 0.145 e. The van der Waals surface area contributed by atoms with Crippen LogP contribution in [0.25, 0.3) is 0 Å². The van der Waals surface area contributed by atoms with Gasteiger partial charge >= 0.3 is 0 Å². The molecule has 0 radical (unpaired) electrons. The number of rotatable bonds is 7. The van der Waals surface area contributed by atoms with Gasteiger partial charge in [-0.25, -0.2) is 4.39 Å². The zero-order valence-corrected chi connectivity index (χ0v) is 12.3. The van der Waals surface area contributed by atoms with E-state index in [1.807, 2.05) is 24.3 Å². The van der Waals surface area contributed by atoms with E-state index in [9.17, 15) is 4.39 Å². The lowest BCUT2D eigenvalue weighted by Gasteiger charge is -2.09. The van der Waals surface area contributed by atoms with Crippen molar-refractivity contribution in [2.75, 3.05) is 19.8 Å². The average molecular weight is 310 g/mol. The topological polar surface area (TPSA) is 44.5 Å². The maximum Gasteiger partial charge on any atom is 0.145 e. The SMILES string of the molecule is NCCc1ccc(OCCOc2ccc(Cl)c(F)c2)cc1. The molecule has 0 atom stereocenters. The van der Waals surface area contributed by atoms with Gasteiger partial charge in [-0.2, -0.15) is 0 Å². The van der Waals surface area contributed by atoms with Gasteiger partial charge < -0.3 is 15.2 Å². The second kappa shape index (κ2) is 7.86. The fraction of sp³-hybridized carbons (Fsp3) is 0.250. The standard InChI is InChI=1S/C16H17ClFNO2/c17-15-6-5-14(11-16(15)18)21-10-9-20-13-3-1-12(2-4-13)7-8-19/h1-6,11H,7-10,19H2. The molecular weight excluding hydrogens is 293 g/mol. The van der Waals surface area contributed by atoms with E-state index in [1.54, 1.807) is 6.07 Å². The van der Waals surface area contributed by atoms with Gasteiger partial charge in [0.25, 0.3) is 0 Å². The molecule has 0 aliphatic heterocycles. The van der Waals surface area contributed by atoms with Crippen molar-refractivity contribution in [3.63, 3.8) is 0 Å². The van der Waals surface area contributed by atoms with Crippen LogP contribution >= 0.6 is 11.6 Å². The number of ether oxygens (including phenoxy) is 2. The Balaban J connectivity index is 1.75. The molecule has 5 heteroatoms. The largest absolute Gasteiger partial charge is 0.490 e. The van der Waals surface area contributed by atoms with E-state index in [0.29, 0.717) is 25.5 Å². The summed E-state index contributed by atoms with van der Waals surface area (Å²) in [6, 6.07) is 12.1. The molecule has 0 bridgehead atoms. The van der Waals surface area contributed by atoms with Gasteiger partial charge in [0.15, 0.2) is 0 Å². The summed E-state index contributed by atoms with van der Waals surface area (Å²) in [5.74, 6) is 0.700. The summed E-state index contributed by atoms with van der Waals surface area (Å²) in [6.07, 6.45) is 0.853. The van der Waals surface area contributed by atoms with Crippen molar-refractivity contribution in [3.05, 3.63) is 58.9 Å². The number of hydrogen-bond acceptors (Lipinski definition) is 3. The van der Waals surface area contributed by atoms with Gasteiger partial charge in [0, 0.05) is 6.07 Å². The first-order valence-electron chi connectivity index (χ1n) is 6.68. The third-order valence-electron chi connectivity index (χ3n) is 2.87. The fourth-order valence-electron chi connectivity index (χ4n) is 1.80. The Morgan fingerprint density at radius 2 is 1.57 bits per heavy atom. The maximum atomic E-state index is 13.2. The van der Waals surface area contributed by atoms with Gasteiger partial charge in [-0.15, -0.1) is 0 Å². The highest BCUT2D eigenvalue weighted by Gasteiger charge is 2.02. The molecule has 0 heterocycles. The summed E-state index contributed by atoms with van der Waals surface area (Å²) < 4.78 is 24.1. The molecule has 2 rings (SSSR count). The molecule has 0 fully saturated rings. The molecule has 0 aliphatic rings. The Morgan fingerprint density at radius 3 is 2.19 bits per heavy atom. The van der Waals surface area contributed by atoms with E-state index < -0.39 is 5.82 Å². The van der Waals surface area contributed by atoms with Crippen LogP contribution in [0.3, 0.4) is 0 Å². The van der Waals surface area contributed by atoms with E-state index in [-0.39, 0.29) is 5.02 Å². The lowest BCUT2D eigenvalue weighted by atomic mass is 10.1. The van der Waals surface area contributed by atoms with Gasteiger partial charge in [-0.05, 0) is 42.8 Å². The van der Waals surface area contributed by atoms with Crippen LogP contribution in [0.1, 0.15) is 5.56 Å². The van der Waals surface area contributed by atoms with Crippen LogP contribution in [0, 0.1) is 5.82 Å². The Hall–Kier alpha value is -1.78. The fourth-order valence-corrected chi connectivity index (χ4v) is 1.92. The summed E-state index contributed by atoms with van der Waals surface area (Å²) in [4.78, 5) is 0. The predicted molar refractivity (Wildman–Crippen MR) is 81.6 cm³/mol. The maximum absolute atomic E-state index is 13.2. The molecule has 21 heavy (non-hydrogen) atoms. The number of halogens is 2. The lowest BCUT2D eigenvalue weighted by molar-refractivity contribution is 0.216. The van der Waals surface area contributed by atoms with Crippen LogP contribution in [-0.4, -0.2) is 19.8 Å². The van der Waals surface area contributed by atoms with Crippen molar-refractivity contribution in [3.8, 4) is 11.5 Å². The zero-order chi connectivity index (χ0) is 15.1. The van der Waals surface area contributed by atoms with E-state index in [2.05, 4.69) is 0 Å². The number of nitrogens with two attached hydrogens (primary N) is 1. The van der Waals surface area contributed by atoms with Crippen molar-refractivity contribution in [1.29, 1.82) is 0 Å². The van der Waals surface area contributed by atoms with Crippen molar-refractivity contribution in [2.24, 2.45) is 5.73 Å². The average Bonchev–Trinajstić information content (AvgIpc) is 2.49. The van der Waals surface area contributed by atoms with Crippen LogP contribution in [0.2, 0.25) is 5.02 Å². The first-order valence-corrected chi connectivity index (χ1v) is 7.06. The zero-order valence-electron chi connectivity index (χ0n) is 11.5. The van der Waals surface area contributed by atoms with Crippen molar-refractivity contribution in [1.82, 2.24) is 0 Å². The monoisotopic (exact) mass is 309 g/mol. The van der Waals surface area contributed by atoms with Gasteiger partial charge in [0.05, 0.1) is 5.02 Å². The van der Waals surface area contributed by atoms with Crippen LogP contribution in [0.15, 0.2) is 42.5 Å². The molecule has 112 valence electrons. The van der Waals surface area contributed by atoms with E-state index in [0.717, 1.165) is 12.2 Å². The molecule has 0 spiro atoms. The summed E-state index contributed by atoms with van der Waals surface area (Å²) in [7, 11) is 0. The summed E-state index contributed by atoms with van der Waals surface area (Å²) in [6.45, 7) is 1.33. The second-order valence-corrected chi connectivity index (χ2v) is 4.86. The third-order valence-corrected chi connectivity index (χ3v) is 3.17. The number of benzene rings is 2. The molecular formula is C16H17ClFNO2. The third kappa shape index (κ3) is 4.92. The molecule has 3 nitrogen and oxygen atoms in total. The first kappa shape index (κ1) is 15.6. The lowest BCUT2D eigenvalue weighted by Crippen LogP contribution is -2.09. The Kier molecular flexibility index (Phi) is 5.84. The van der Waals surface area contributed by atoms with Crippen LogP contribution in [0.4, 0.5) is 4.39 Å². The van der Waals surface area contributed by atoms with Gasteiger partial charge in [0.1, 0.15) is 30.5 Å². The van der Waals surface area contributed by atoms with Crippen LogP contribution in [-0.2, 0) is 6.42 Å². The Morgan fingerprint density at radius 1 is 0.952 bits per heavy atom. The van der Waals surface area contributed by atoms with E-state index in [1.165, 1.54) is 17.7 Å². The van der Waals surface area contributed by atoms with Gasteiger partial charge in [-0.1, -0.05) is 23.7 Å². The van der Waals surface area contributed by atoms with Crippen molar-refractivity contribution in [2.45, 2.75) is 6.42 Å². The molecule has 0 aromatic heterocycles. The van der Waals surface area contributed by atoms with Crippen molar-refractivity contribution < 1.29 is 13.9 Å². The molecule has 0 aliphatic carbocycles. The molecule has 0 saturated heterocycles. The molecule has 2 aromatic carbocycles. The summed E-state index contributed by atoms with van der Waals surface area (Å²) in [5, 5.41) is 0.0798. The minimum absolute atomic E-state index is 0.0798. The highest BCUT2D eigenvalue weighted by molar-refractivity contribution is 6.30. The van der Waals surface area contributed by atoms with Gasteiger partial charge in [0.2, 0.25) is 0 Å². The first-order chi connectivity index (χ1) is 10.2. The highest BCUT2D eigenvalue weighted by atomic mass is 35.5. The quantitative estimate of drug-likeness (QED) is 0.797. The predicted octanol–water partition coefficient (Wildman–Crippen LogP) is 3.44. The Labute approximate surface area is 128 Å². The second-order valence-electron chi connectivity index (χ2n) is 4.46. The Bertz CT molecular complexity index is 575. The molecule has 0 unspecified atom stereocenters. The van der Waals surface area contributed by atoms with E-state index >= 15 is 0 Å².